The smallest absolute Gasteiger partial charge is 0.254 e. The van der Waals surface area contributed by atoms with Crippen molar-refractivity contribution < 1.29 is 17.6 Å². The van der Waals surface area contributed by atoms with Crippen LogP contribution in [0.1, 0.15) is 15.9 Å². The van der Waals surface area contributed by atoms with E-state index in [0.29, 0.717) is 22.8 Å². The Hall–Kier alpha value is -3.53. The van der Waals surface area contributed by atoms with Crippen LogP contribution in [0.25, 0.3) is 0 Å². The zero-order valence-electron chi connectivity index (χ0n) is 16.5. The van der Waals surface area contributed by atoms with Gasteiger partial charge < -0.3 is 16.0 Å². The van der Waals surface area contributed by atoms with Crippen molar-refractivity contribution >= 4 is 38.8 Å². The fourth-order valence-electron chi connectivity index (χ4n) is 2.67. The molecule has 2 aromatic heterocycles. The maximum atomic E-state index is 13.9. The number of carbonyl (C=O) groups is 1. The minimum Gasteiger partial charge on any atom is -0.355 e. The number of amides is 1. The highest BCUT2D eigenvalue weighted by Crippen LogP contribution is 2.27. The molecule has 1 aromatic carbocycles. The van der Waals surface area contributed by atoms with Crippen LogP contribution >= 0.6 is 0 Å². The van der Waals surface area contributed by atoms with E-state index in [1.165, 1.54) is 37.6 Å². The number of pyridine rings is 2. The van der Waals surface area contributed by atoms with Crippen molar-refractivity contribution in [1.29, 1.82) is 0 Å². The predicted molar refractivity (Wildman–Crippen MR) is 113 cm³/mol. The number of hydrogen-bond donors (Lipinski definition) is 3. The molecule has 0 aliphatic heterocycles. The van der Waals surface area contributed by atoms with Gasteiger partial charge in [-0.25, -0.2) is 22.8 Å². The third kappa shape index (κ3) is 4.71. The molecule has 0 aliphatic carbocycles. The Labute approximate surface area is 173 Å². The van der Waals surface area contributed by atoms with Gasteiger partial charge in [-0.2, -0.15) is 0 Å². The molecule has 0 fully saturated rings. The second-order valence-corrected chi connectivity index (χ2v) is 8.52. The number of benzene rings is 1. The van der Waals surface area contributed by atoms with Crippen LogP contribution in [0.4, 0.5) is 27.4 Å². The second-order valence-electron chi connectivity index (χ2n) is 6.51. The van der Waals surface area contributed by atoms with Crippen molar-refractivity contribution in [2.75, 3.05) is 23.9 Å². The van der Waals surface area contributed by atoms with Gasteiger partial charge in [0.2, 0.25) is 0 Å². The van der Waals surface area contributed by atoms with Gasteiger partial charge in [-0.05, 0) is 31.2 Å². The molecule has 156 valence electrons. The Morgan fingerprint density at radius 3 is 2.47 bits per heavy atom. The van der Waals surface area contributed by atoms with Crippen molar-refractivity contribution in [3.8, 4) is 0 Å². The number of sulfone groups is 1. The van der Waals surface area contributed by atoms with Crippen LogP contribution in [0.15, 0.2) is 53.7 Å². The van der Waals surface area contributed by atoms with Gasteiger partial charge in [0.1, 0.15) is 17.5 Å². The first-order valence-electron chi connectivity index (χ1n) is 8.86. The predicted octanol–water partition coefficient (Wildman–Crippen LogP) is 3.17. The van der Waals surface area contributed by atoms with E-state index in [1.807, 2.05) is 0 Å². The number of nitrogens with one attached hydrogen (secondary N) is 3. The molecular weight excluding hydrogens is 409 g/mol. The van der Waals surface area contributed by atoms with E-state index in [2.05, 4.69) is 25.9 Å². The maximum Gasteiger partial charge on any atom is 0.254 e. The fourth-order valence-corrected chi connectivity index (χ4v) is 3.31. The Balaban J connectivity index is 1.99. The molecule has 3 N–H and O–H groups in total. The van der Waals surface area contributed by atoms with Gasteiger partial charge in [0.25, 0.3) is 5.91 Å². The molecule has 0 aliphatic rings. The highest BCUT2D eigenvalue weighted by molar-refractivity contribution is 7.90. The van der Waals surface area contributed by atoms with E-state index in [9.17, 15) is 17.6 Å². The van der Waals surface area contributed by atoms with Crippen LogP contribution in [0.3, 0.4) is 0 Å². The lowest BCUT2D eigenvalue weighted by molar-refractivity contribution is 0.0963. The average molecular weight is 429 g/mol. The molecule has 0 spiro atoms. The Morgan fingerprint density at radius 2 is 1.77 bits per heavy atom. The van der Waals surface area contributed by atoms with E-state index in [-0.39, 0.29) is 28.0 Å². The summed E-state index contributed by atoms with van der Waals surface area (Å²) >= 11 is 0. The SMILES string of the molecule is CNC(=O)c1cnc(Nc2cc(S(C)(=O)=O)ccn2)cc1Nc1cccc(F)c1C. The molecule has 0 saturated carbocycles. The molecule has 2 heterocycles. The molecule has 3 aromatic rings. The standard InChI is InChI=1S/C20H20FN5O3S/c1-12-15(21)5-4-6-16(12)25-17-10-19(24-11-14(17)20(27)22-2)26-18-9-13(7-8-23-18)30(3,28)29/h4-11H,1-3H3,(H,22,27)(H2,23,24,25,26). The van der Waals surface area contributed by atoms with Crippen LogP contribution in [0, 0.1) is 12.7 Å². The summed E-state index contributed by atoms with van der Waals surface area (Å²) in [6, 6.07) is 8.93. The van der Waals surface area contributed by atoms with Crippen molar-refractivity contribution in [2.45, 2.75) is 11.8 Å². The normalized spacial score (nSPS) is 11.1. The average Bonchev–Trinajstić information content (AvgIpc) is 2.71. The number of nitrogens with zero attached hydrogens (tertiary/aromatic N) is 2. The van der Waals surface area contributed by atoms with Crippen molar-refractivity contribution in [1.82, 2.24) is 15.3 Å². The maximum absolute atomic E-state index is 13.9. The summed E-state index contributed by atoms with van der Waals surface area (Å²) in [5, 5.41) is 8.52. The molecule has 30 heavy (non-hydrogen) atoms. The quantitative estimate of drug-likeness (QED) is 0.552. The largest absolute Gasteiger partial charge is 0.355 e. The number of rotatable bonds is 6. The van der Waals surface area contributed by atoms with Gasteiger partial charge in [0, 0.05) is 43.0 Å². The summed E-state index contributed by atoms with van der Waals surface area (Å²) in [5.74, 6) is -0.165. The lowest BCUT2D eigenvalue weighted by atomic mass is 10.1. The van der Waals surface area contributed by atoms with Gasteiger partial charge in [-0.1, -0.05) is 6.07 Å². The number of anilines is 4. The number of hydrogen-bond acceptors (Lipinski definition) is 7. The monoisotopic (exact) mass is 429 g/mol. The zero-order valence-corrected chi connectivity index (χ0v) is 17.3. The van der Waals surface area contributed by atoms with Gasteiger partial charge >= 0.3 is 0 Å². The highest BCUT2D eigenvalue weighted by Gasteiger charge is 2.15. The van der Waals surface area contributed by atoms with Crippen LogP contribution in [0.5, 0.6) is 0 Å². The summed E-state index contributed by atoms with van der Waals surface area (Å²) < 4.78 is 37.4. The van der Waals surface area contributed by atoms with Crippen LogP contribution in [-0.4, -0.2) is 37.6 Å². The third-order valence-corrected chi connectivity index (χ3v) is 5.44. The molecule has 1 amide bonds. The number of carbonyl (C=O) groups excluding carboxylic acids is 1. The number of halogens is 1. The van der Waals surface area contributed by atoms with E-state index in [4.69, 9.17) is 0 Å². The van der Waals surface area contributed by atoms with E-state index in [1.54, 1.807) is 25.1 Å². The minimum atomic E-state index is -3.40. The Kier molecular flexibility index (Phi) is 5.97. The first kappa shape index (κ1) is 21.2. The van der Waals surface area contributed by atoms with Gasteiger partial charge in [0.15, 0.2) is 9.84 Å². The molecule has 3 rings (SSSR count). The summed E-state index contributed by atoms with van der Waals surface area (Å²) in [6.45, 7) is 1.62. The van der Waals surface area contributed by atoms with Crippen molar-refractivity contribution in [3.63, 3.8) is 0 Å². The zero-order chi connectivity index (χ0) is 21.9. The highest BCUT2D eigenvalue weighted by atomic mass is 32.2. The first-order chi connectivity index (χ1) is 14.2. The van der Waals surface area contributed by atoms with E-state index in [0.717, 1.165) is 6.26 Å². The lowest BCUT2D eigenvalue weighted by Crippen LogP contribution is -2.19. The van der Waals surface area contributed by atoms with Crippen LogP contribution in [-0.2, 0) is 9.84 Å². The Bertz CT molecular complexity index is 1210. The summed E-state index contributed by atoms with van der Waals surface area (Å²) in [4.78, 5) is 20.6. The molecule has 0 saturated heterocycles. The van der Waals surface area contributed by atoms with Gasteiger partial charge in [0.05, 0.1) is 16.1 Å². The molecule has 0 bridgehead atoms. The van der Waals surface area contributed by atoms with E-state index >= 15 is 0 Å². The second kappa shape index (κ2) is 8.46. The van der Waals surface area contributed by atoms with Crippen molar-refractivity contribution in [3.05, 3.63) is 65.7 Å². The lowest BCUT2D eigenvalue weighted by Gasteiger charge is -2.15. The molecule has 0 radical (unpaired) electrons. The van der Waals surface area contributed by atoms with Crippen LogP contribution in [0.2, 0.25) is 0 Å². The number of aromatic nitrogens is 2. The van der Waals surface area contributed by atoms with Crippen LogP contribution < -0.4 is 16.0 Å². The summed E-state index contributed by atoms with van der Waals surface area (Å²) in [6.07, 6.45) is 3.83. The van der Waals surface area contributed by atoms with Gasteiger partial charge in [-0.15, -0.1) is 0 Å². The van der Waals surface area contributed by atoms with E-state index < -0.39 is 9.84 Å². The van der Waals surface area contributed by atoms with Gasteiger partial charge in [-0.3, -0.25) is 4.79 Å². The molecule has 0 atom stereocenters. The minimum absolute atomic E-state index is 0.107. The molecule has 10 heteroatoms. The summed E-state index contributed by atoms with van der Waals surface area (Å²) in [5.41, 5.74) is 1.54. The summed E-state index contributed by atoms with van der Waals surface area (Å²) in [7, 11) is -1.91. The Morgan fingerprint density at radius 1 is 1.03 bits per heavy atom. The molecular formula is C20H20FN5O3S. The topological polar surface area (TPSA) is 113 Å². The third-order valence-electron chi connectivity index (χ3n) is 4.33. The van der Waals surface area contributed by atoms with Crippen molar-refractivity contribution in [2.24, 2.45) is 0 Å². The first-order valence-corrected chi connectivity index (χ1v) is 10.8. The molecule has 0 unspecified atom stereocenters. The fraction of sp³-hybridized carbons (Fsp3) is 0.150. The molecule has 8 nitrogen and oxygen atoms in total.